The fourth-order valence-corrected chi connectivity index (χ4v) is 3.96. The maximum atomic E-state index is 12.7. The standard InChI is InChI=1S/C24H31N3O3/c1-3-19-4-6-20(7-5-19)15-25(2)24(28)17-27-12-10-26(11-13-27)16-21-8-9-22-23(14-21)30-18-29-22/h4-9,14H,3,10-13,15-18H2,1-2H3. The molecule has 0 radical (unpaired) electrons. The van der Waals surface area contributed by atoms with Crippen LogP contribution in [-0.2, 0) is 24.3 Å². The van der Waals surface area contributed by atoms with E-state index in [1.54, 1.807) is 0 Å². The van der Waals surface area contributed by atoms with Crippen LogP contribution in [0.15, 0.2) is 42.5 Å². The van der Waals surface area contributed by atoms with E-state index in [4.69, 9.17) is 9.47 Å². The van der Waals surface area contributed by atoms with E-state index in [2.05, 4.69) is 53.1 Å². The molecular weight excluding hydrogens is 378 g/mol. The average molecular weight is 410 g/mol. The number of nitrogens with zero attached hydrogens (tertiary/aromatic N) is 3. The Morgan fingerprint density at radius 1 is 0.900 bits per heavy atom. The molecular formula is C24H31N3O3. The first-order valence-corrected chi connectivity index (χ1v) is 10.8. The van der Waals surface area contributed by atoms with E-state index >= 15 is 0 Å². The summed E-state index contributed by atoms with van der Waals surface area (Å²) in [6.45, 7) is 8.25. The van der Waals surface area contributed by atoms with Gasteiger partial charge in [0.2, 0.25) is 12.7 Å². The molecule has 2 aromatic carbocycles. The molecule has 2 aliphatic heterocycles. The van der Waals surface area contributed by atoms with Gasteiger partial charge in [-0.15, -0.1) is 0 Å². The van der Waals surface area contributed by atoms with Gasteiger partial charge >= 0.3 is 0 Å². The van der Waals surface area contributed by atoms with E-state index in [0.717, 1.165) is 50.6 Å². The van der Waals surface area contributed by atoms with Gasteiger partial charge in [0.25, 0.3) is 0 Å². The van der Waals surface area contributed by atoms with Crippen LogP contribution in [0.1, 0.15) is 23.6 Å². The minimum atomic E-state index is 0.179. The van der Waals surface area contributed by atoms with Gasteiger partial charge in [0.1, 0.15) is 0 Å². The Morgan fingerprint density at radius 3 is 2.27 bits per heavy atom. The van der Waals surface area contributed by atoms with Crippen LogP contribution in [0, 0.1) is 0 Å². The van der Waals surface area contributed by atoms with Crippen molar-refractivity contribution >= 4 is 5.91 Å². The second-order valence-electron chi connectivity index (χ2n) is 8.16. The molecule has 2 aromatic rings. The molecule has 0 N–H and O–H groups in total. The Hall–Kier alpha value is -2.57. The SMILES string of the molecule is CCc1ccc(CN(C)C(=O)CN2CCN(Cc3ccc4c(c3)OCO4)CC2)cc1. The molecule has 30 heavy (non-hydrogen) atoms. The van der Waals surface area contributed by atoms with Crippen LogP contribution in [0.25, 0.3) is 0 Å². The van der Waals surface area contributed by atoms with Crippen molar-refractivity contribution in [1.82, 2.24) is 14.7 Å². The largest absolute Gasteiger partial charge is 0.454 e. The first-order chi connectivity index (χ1) is 14.6. The summed E-state index contributed by atoms with van der Waals surface area (Å²) >= 11 is 0. The number of benzene rings is 2. The van der Waals surface area contributed by atoms with Gasteiger partial charge in [-0.05, 0) is 35.2 Å². The van der Waals surface area contributed by atoms with Gasteiger partial charge in [-0.1, -0.05) is 37.3 Å². The van der Waals surface area contributed by atoms with Gasteiger partial charge in [-0.3, -0.25) is 14.6 Å². The number of amides is 1. The molecule has 6 heteroatoms. The summed E-state index contributed by atoms with van der Waals surface area (Å²) in [6.07, 6.45) is 1.04. The fourth-order valence-electron chi connectivity index (χ4n) is 3.96. The second-order valence-corrected chi connectivity index (χ2v) is 8.16. The first kappa shape index (κ1) is 20.7. The summed E-state index contributed by atoms with van der Waals surface area (Å²) in [4.78, 5) is 19.2. The first-order valence-electron chi connectivity index (χ1n) is 10.8. The summed E-state index contributed by atoms with van der Waals surface area (Å²) in [6, 6.07) is 14.7. The summed E-state index contributed by atoms with van der Waals surface area (Å²) in [5.74, 6) is 1.84. The number of aryl methyl sites for hydroxylation is 1. The Morgan fingerprint density at radius 2 is 1.53 bits per heavy atom. The second kappa shape index (κ2) is 9.49. The predicted octanol–water partition coefficient (Wildman–Crippen LogP) is 2.75. The van der Waals surface area contributed by atoms with E-state index < -0.39 is 0 Å². The van der Waals surface area contributed by atoms with E-state index in [1.807, 2.05) is 18.0 Å². The molecule has 0 bridgehead atoms. The van der Waals surface area contributed by atoms with Crippen LogP contribution in [0.2, 0.25) is 0 Å². The normalized spacial score (nSPS) is 16.6. The van der Waals surface area contributed by atoms with Crippen LogP contribution in [-0.4, -0.2) is 67.2 Å². The Labute approximate surface area is 179 Å². The van der Waals surface area contributed by atoms with E-state index in [9.17, 15) is 4.79 Å². The third-order valence-corrected chi connectivity index (χ3v) is 5.94. The van der Waals surface area contributed by atoms with Crippen LogP contribution in [0.4, 0.5) is 0 Å². The zero-order valence-corrected chi connectivity index (χ0v) is 18.0. The van der Waals surface area contributed by atoms with Crippen molar-refractivity contribution in [2.75, 3.05) is 46.6 Å². The Balaban J connectivity index is 1.21. The number of hydrogen-bond acceptors (Lipinski definition) is 5. The summed E-state index contributed by atoms with van der Waals surface area (Å²) in [7, 11) is 1.89. The molecule has 160 valence electrons. The van der Waals surface area contributed by atoms with Crippen LogP contribution >= 0.6 is 0 Å². The summed E-state index contributed by atoms with van der Waals surface area (Å²) in [5.41, 5.74) is 3.74. The number of carbonyl (C=O) groups is 1. The number of rotatable bonds is 7. The monoisotopic (exact) mass is 409 g/mol. The molecule has 0 atom stereocenters. The highest BCUT2D eigenvalue weighted by Crippen LogP contribution is 2.32. The van der Waals surface area contributed by atoms with E-state index in [1.165, 1.54) is 16.7 Å². The number of carbonyl (C=O) groups excluding carboxylic acids is 1. The number of ether oxygens (including phenoxy) is 2. The topological polar surface area (TPSA) is 45.3 Å². The number of fused-ring (bicyclic) bond motifs is 1. The highest BCUT2D eigenvalue weighted by atomic mass is 16.7. The molecule has 1 saturated heterocycles. The number of likely N-dealkylation sites (N-methyl/N-ethyl adjacent to an activating group) is 1. The summed E-state index contributed by atoms with van der Waals surface area (Å²) in [5, 5.41) is 0. The zero-order valence-electron chi connectivity index (χ0n) is 18.0. The van der Waals surface area contributed by atoms with Gasteiger partial charge in [-0.2, -0.15) is 0 Å². The molecule has 0 saturated carbocycles. The van der Waals surface area contributed by atoms with Crippen molar-refractivity contribution in [2.45, 2.75) is 26.4 Å². The molecule has 2 aliphatic rings. The summed E-state index contributed by atoms with van der Waals surface area (Å²) < 4.78 is 10.9. The molecule has 4 rings (SSSR count). The van der Waals surface area contributed by atoms with Gasteiger partial charge in [0.05, 0.1) is 6.54 Å². The molecule has 1 fully saturated rings. The predicted molar refractivity (Wildman–Crippen MR) is 117 cm³/mol. The van der Waals surface area contributed by atoms with Crippen molar-refractivity contribution in [3.8, 4) is 11.5 Å². The maximum Gasteiger partial charge on any atom is 0.236 e. The van der Waals surface area contributed by atoms with Crippen LogP contribution < -0.4 is 9.47 Å². The zero-order chi connectivity index (χ0) is 20.9. The van der Waals surface area contributed by atoms with Crippen molar-refractivity contribution in [1.29, 1.82) is 0 Å². The fraction of sp³-hybridized carbons (Fsp3) is 0.458. The lowest BCUT2D eigenvalue weighted by Gasteiger charge is -2.35. The maximum absolute atomic E-state index is 12.7. The highest BCUT2D eigenvalue weighted by molar-refractivity contribution is 5.78. The van der Waals surface area contributed by atoms with E-state index in [-0.39, 0.29) is 5.91 Å². The Bertz CT molecular complexity index is 860. The average Bonchev–Trinajstić information content (AvgIpc) is 3.23. The Kier molecular flexibility index (Phi) is 6.55. The molecule has 0 spiro atoms. The lowest BCUT2D eigenvalue weighted by Crippen LogP contribution is -2.49. The highest BCUT2D eigenvalue weighted by Gasteiger charge is 2.21. The molecule has 0 aromatic heterocycles. The molecule has 6 nitrogen and oxygen atoms in total. The van der Waals surface area contributed by atoms with Crippen molar-refractivity contribution in [2.24, 2.45) is 0 Å². The minimum absolute atomic E-state index is 0.179. The molecule has 2 heterocycles. The third kappa shape index (κ3) is 5.12. The number of hydrogen-bond donors (Lipinski definition) is 0. The van der Waals surface area contributed by atoms with Crippen molar-refractivity contribution in [3.63, 3.8) is 0 Å². The van der Waals surface area contributed by atoms with Crippen LogP contribution in [0.5, 0.6) is 11.5 Å². The number of piperazine rings is 1. The molecule has 0 unspecified atom stereocenters. The quantitative estimate of drug-likeness (QED) is 0.704. The van der Waals surface area contributed by atoms with E-state index in [0.29, 0.717) is 19.9 Å². The third-order valence-electron chi connectivity index (χ3n) is 5.94. The van der Waals surface area contributed by atoms with Gasteiger partial charge in [0, 0.05) is 46.3 Å². The molecule has 1 amide bonds. The van der Waals surface area contributed by atoms with Gasteiger partial charge in [0.15, 0.2) is 11.5 Å². The lowest BCUT2D eigenvalue weighted by molar-refractivity contribution is -0.132. The van der Waals surface area contributed by atoms with Crippen molar-refractivity contribution < 1.29 is 14.3 Å². The van der Waals surface area contributed by atoms with Gasteiger partial charge < -0.3 is 14.4 Å². The molecule has 0 aliphatic carbocycles. The van der Waals surface area contributed by atoms with Crippen molar-refractivity contribution in [3.05, 3.63) is 59.2 Å². The van der Waals surface area contributed by atoms with Gasteiger partial charge in [-0.25, -0.2) is 0 Å². The van der Waals surface area contributed by atoms with Crippen LogP contribution in [0.3, 0.4) is 0 Å². The smallest absolute Gasteiger partial charge is 0.236 e. The lowest BCUT2D eigenvalue weighted by atomic mass is 10.1. The minimum Gasteiger partial charge on any atom is -0.454 e.